The molecule has 8 heteroatoms. The lowest BCUT2D eigenvalue weighted by atomic mass is 9.94. The van der Waals surface area contributed by atoms with Crippen molar-refractivity contribution in [2.45, 2.75) is 57.4 Å². The summed E-state index contributed by atoms with van der Waals surface area (Å²) in [5, 5.41) is 4.41. The first-order chi connectivity index (χ1) is 14.7. The molecule has 1 saturated heterocycles. The number of rotatable bonds is 2. The number of nitrogens with one attached hydrogen (secondary N) is 2. The largest absolute Gasteiger partial charge is 0.375 e. The maximum Gasteiger partial charge on any atom is 0.271 e. The Bertz CT molecular complexity index is 1330. The van der Waals surface area contributed by atoms with Crippen molar-refractivity contribution in [3.05, 3.63) is 61.7 Å². The Morgan fingerprint density at radius 3 is 2.81 bits per heavy atom. The summed E-state index contributed by atoms with van der Waals surface area (Å²) in [6.07, 6.45) is 1.59. The first-order valence-corrected chi connectivity index (χ1v) is 11.4. The van der Waals surface area contributed by atoms with Crippen LogP contribution in [-0.2, 0) is 4.74 Å². The predicted octanol–water partition coefficient (Wildman–Crippen LogP) is 4.34. The maximum atomic E-state index is 13.1. The molecule has 1 aromatic carbocycles. The second-order valence-corrected chi connectivity index (χ2v) is 10.3. The molecule has 2 aliphatic heterocycles. The van der Waals surface area contributed by atoms with Gasteiger partial charge in [-0.25, -0.2) is 4.99 Å². The summed E-state index contributed by atoms with van der Waals surface area (Å²) in [5.41, 5.74) is 2.37. The van der Waals surface area contributed by atoms with Crippen molar-refractivity contribution >= 4 is 33.5 Å². The number of H-pyrrole nitrogens is 2. The van der Waals surface area contributed by atoms with Gasteiger partial charge in [-0.05, 0) is 57.6 Å². The molecule has 0 radical (unpaired) electrons. The van der Waals surface area contributed by atoms with Crippen LogP contribution >= 0.6 is 11.8 Å². The van der Waals surface area contributed by atoms with Gasteiger partial charge in [0.05, 0.1) is 33.0 Å². The van der Waals surface area contributed by atoms with Crippen LogP contribution in [0.3, 0.4) is 0 Å². The van der Waals surface area contributed by atoms with E-state index in [1.807, 2.05) is 42.8 Å². The Morgan fingerprint density at radius 1 is 1.23 bits per heavy atom. The molecule has 0 unspecified atom stereocenters. The number of hydrogen-bond donors (Lipinski definition) is 2. The van der Waals surface area contributed by atoms with E-state index < -0.39 is 5.25 Å². The average Bonchev–Trinajstić information content (AvgIpc) is 3.03. The summed E-state index contributed by atoms with van der Waals surface area (Å²) in [7, 11) is 0. The summed E-state index contributed by atoms with van der Waals surface area (Å²) in [5.74, 6) is 0.637. The minimum atomic E-state index is -0.404. The molecule has 2 N–H and O–H groups in total. The smallest absolute Gasteiger partial charge is 0.271 e. The number of para-hydroxylation sites is 1. The Morgan fingerprint density at radius 2 is 2.03 bits per heavy atom. The summed E-state index contributed by atoms with van der Waals surface area (Å²) in [6.45, 7) is 8.67. The molecule has 1 fully saturated rings. The minimum Gasteiger partial charge on any atom is -0.375 e. The zero-order valence-electron chi connectivity index (χ0n) is 18.1. The number of aromatic amines is 2. The lowest BCUT2D eigenvalue weighted by molar-refractivity contribution is -0.0705. The number of thioether (sulfide) groups is 1. The second kappa shape index (κ2) is 7.24. The second-order valence-electron chi connectivity index (χ2n) is 9.02. The number of aromatic nitrogens is 3. The Labute approximate surface area is 183 Å². The van der Waals surface area contributed by atoms with Gasteiger partial charge in [-0.3, -0.25) is 19.4 Å². The molecule has 162 valence electrons. The normalized spacial score (nSPS) is 22.9. The van der Waals surface area contributed by atoms with Crippen LogP contribution in [0.2, 0.25) is 0 Å². The van der Waals surface area contributed by atoms with Gasteiger partial charge in [0.15, 0.2) is 5.82 Å². The van der Waals surface area contributed by atoms with E-state index >= 15 is 0 Å². The fraction of sp³-hybridized carbons (Fsp3) is 0.435. The molecule has 31 heavy (non-hydrogen) atoms. The van der Waals surface area contributed by atoms with Gasteiger partial charge in [-0.2, -0.15) is 0 Å². The first kappa shape index (κ1) is 20.3. The molecule has 2 aliphatic rings. The molecular weight excluding hydrogens is 412 g/mol. The van der Waals surface area contributed by atoms with Crippen molar-refractivity contribution in [2.24, 2.45) is 4.99 Å². The monoisotopic (exact) mass is 438 g/mol. The molecule has 7 nitrogen and oxygen atoms in total. The SMILES string of the molecule is CC1=Nc2c(c(=O)[nH]n2[C@H]2CCOC(C)(C)C2)[C@@H](c2cc3cccc(C)c3[nH]c2=O)S1. The number of aryl methyl sites for hydroxylation is 1. The number of fused-ring (bicyclic) bond motifs is 2. The van der Waals surface area contributed by atoms with Crippen LogP contribution in [0.15, 0.2) is 38.8 Å². The van der Waals surface area contributed by atoms with Crippen molar-refractivity contribution in [2.75, 3.05) is 6.61 Å². The van der Waals surface area contributed by atoms with E-state index in [9.17, 15) is 9.59 Å². The summed E-state index contributed by atoms with van der Waals surface area (Å²) >= 11 is 1.45. The van der Waals surface area contributed by atoms with Crippen molar-refractivity contribution in [1.29, 1.82) is 0 Å². The summed E-state index contributed by atoms with van der Waals surface area (Å²) in [4.78, 5) is 33.9. The van der Waals surface area contributed by atoms with Crippen LogP contribution in [-0.4, -0.2) is 32.0 Å². The fourth-order valence-corrected chi connectivity index (χ4v) is 5.82. The summed E-state index contributed by atoms with van der Waals surface area (Å²) < 4.78 is 7.76. The molecule has 2 atom stereocenters. The predicted molar refractivity (Wildman–Crippen MR) is 125 cm³/mol. The standard InChI is InChI=1S/C23H26N4O3S/c1-12-6-5-7-14-10-16(21(28)25-18(12)14)19-17-20(24-13(2)31-19)27(26-22(17)29)15-8-9-30-23(3,4)11-15/h5-7,10,15,19H,8-9,11H2,1-4H3,(H,25,28)(H,26,29)/t15-,19+/m0/s1. The van der Waals surface area contributed by atoms with E-state index in [0.717, 1.165) is 34.4 Å². The van der Waals surface area contributed by atoms with Gasteiger partial charge >= 0.3 is 0 Å². The minimum absolute atomic E-state index is 0.0954. The number of aliphatic imine (C=N–C) groups is 1. The number of ether oxygens (including phenoxy) is 1. The average molecular weight is 439 g/mol. The zero-order valence-corrected chi connectivity index (χ0v) is 18.9. The van der Waals surface area contributed by atoms with Crippen LogP contribution in [0.4, 0.5) is 5.82 Å². The van der Waals surface area contributed by atoms with E-state index in [-0.39, 0.29) is 22.8 Å². The van der Waals surface area contributed by atoms with Gasteiger partial charge < -0.3 is 9.72 Å². The Kier molecular flexibility index (Phi) is 4.75. The molecule has 2 aromatic heterocycles. The molecule has 4 heterocycles. The quantitative estimate of drug-likeness (QED) is 0.622. The highest BCUT2D eigenvalue weighted by Crippen LogP contribution is 2.45. The van der Waals surface area contributed by atoms with Gasteiger partial charge in [0.25, 0.3) is 11.1 Å². The molecule has 5 rings (SSSR count). The third-order valence-corrected chi connectivity index (χ3v) is 7.34. The third kappa shape index (κ3) is 3.47. The zero-order chi connectivity index (χ0) is 21.9. The van der Waals surface area contributed by atoms with Crippen molar-refractivity contribution < 1.29 is 4.74 Å². The lowest BCUT2D eigenvalue weighted by Gasteiger charge is -2.36. The lowest BCUT2D eigenvalue weighted by Crippen LogP contribution is -2.35. The molecule has 0 saturated carbocycles. The van der Waals surface area contributed by atoms with Crippen molar-refractivity contribution in [3.63, 3.8) is 0 Å². The van der Waals surface area contributed by atoms with E-state index in [0.29, 0.717) is 23.6 Å². The van der Waals surface area contributed by atoms with Gasteiger partial charge in [0.2, 0.25) is 0 Å². The topological polar surface area (TPSA) is 92.2 Å². The molecule has 0 bridgehead atoms. The van der Waals surface area contributed by atoms with Gasteiger partial charge in [-0.1, -0.05) is 30.0 Å². The number of pyridine rings is 1. The van der Waals surface area contributed by atoms with Crippen molar-refractivity contribution in [3.8, 4) is 0 Å². The van der Waals surface area contributed by atoms with E-state index in [2.05, 4.69) is 23.9 Å². The molecule has 3 aromatic rings. The van der Waals surface area contributed by atoms with E-state index in [4.69, 9.17) is 9.73 Å². The van der Waals surface area contributed by atoms with Crippen LogP contribution < -0.4 is 11.1 Å². The fourth-order valence-electron chi connectivity index (χ4n) is 4.71. The summed E-state index contributed by atoms with van der Waals surface area (Å²) in [6, 6.07) is 7.94. The first-order valence-electron chi connectivity index (χ1n) is 10.6. The number of benzene rings is 1. The molecule has 0 aliphatic carbocycles. The third-order valence-electron chi connectivity index (χ3n) is 6.19. The van der Waals surface area contributed by atoms with Crippen LogP contribution in [0.1, 0.15) is 61.6 Å². The van der Waals surface area contributed by atoms with Crippen LogP contribution in [0.25, 0.3) is 10.9 Å². The van der Waals surface area contributed by atoms with Crippen LogP contribution in [0.5, 0.6) is 0 Å². The molecule has 0 amide bonds. The highest BCUT2D eigenvalue weighted by atomic mass is 32.2. The highest BCUT2D eigenvalue weighted by molar-refractivity contribution is 8.14. The van der Waals surface area contributed by atoms with Gasteiger partial charge in [-0.15, -0.1) is 0 Å². The highest BCUT2D eigenvalue weighted by Gasteiger charge is 2.36. The molecule has 0 spiro atoms. The number of hydrogen-bond acceptors (Lipinski definition) is 5. The number of nitrogens with zero attached hydrogens (tertiary/aromatic N) is 2. The Hall–Kier alpha value is -2.58. The van der Waals surface area contributed by atoms with E-state index in [1.54, 1.807) is 0 Å². The van der Waals surface area contributed by atoms with Gasteiger partial charge in [0, 0.05) is 12.2 Å². The van der Waals surface area contributed by atoms with Gasteiger partial charge in [0.1, 0.15) is 0 Å². The van der Waals surface area contributed by atoms with Crippen LogP contribution in [0, 0.1) is 6.92 Å². The van der Waals surface area contributed by atoms with Crippen molar-refractivity contribution in [1.82, 2.24) is 14.8 Å². The maximum absolute atomic E-state index is 13.1. The molecular formula is C23H26N4O3S. The van der Waals surface area contributed by atoms with E-state index in [1.165, 1.54) is 11.8 Å². The Balaban J connectivity index is 1.65.